The maximum atomic E-state index is 5.49. The summed E-state index contributed by atoms with van der Waals surface area (Å²) in [6.45, 7) is 0. The standard InChI is InChI=1S/C12H19N3S3/c16-12(13-9-4-7-1-2-8(9)3-7)14-15-10-5-17-11(15)6-18-10/h7-11H,1-6H2,(H2,13,14,16)/t7-,8+,9+,10-,11+/m1/s1. The first-order valence-corrected chi connectivity index (χ1v) is 9.39. The van der Waals surface area contributed by atoms with Crippen LogP contribution < -0.4 is 10.7 Å². The molecular formula is C12H19N3S3. The number of nitrogens with zero attached hydrogens (tertiary/aromatic N) is 1. The molecule has 100 valence electrons. The Kier molecular flexibility index (Phi) is 3.18. The van der Waals surface area contributed by atoms with Crippen LogP contribution in [0.3, 0.4) is 0 Å². The number of hydrogen-bond acceptors (Lipinski definition) is 4. The fourth-order valence-electron chi connectivity index (χ4n) is 3.87. The molecule has 2 N–H and O–H groups in total. The summed E-state index contributed by atoms with van der Waals surface area (Å²) in [6, 6.07) is 0.643. The highest BCUT2D eigenvalue weighted by molar-refractivity contribution is 8.07. The number of thioether (sulfide) groups is 2. The molecule has 0 aromatic heterocycles. The molecule has 3 nitrogen and oxygen atoms in total. The molecule has 18 heavy (non-hydrogen) atoms. The van der Waals surface area contributed by atoms with Crippen LogP contribution >= 0.6 is 35.7 Å². The van der Waals surface area contributed by atoms with Gasteiger partial charge in [-0.05, 0) is 43.3 Å². The van der Waals surface area contributed by atoms with Gasteiger partial charge in [-0.15, -0.1) is 23.5 Å². The topological polar surface area (TPSA) is 27.3 Å². The van der Waals surface area contributed by atoms with Gasteiger partial charge in [-0.2, -0.15) is 5.01 Å². The van der Waals surface area contributed by atoms with E-state index in [1.807, 2.05) is 0 Å². The van der Waals surface area contributed by atoms with Crippen LogP contribution in [0, 0.1) is 11.8 Å². The van der Waals surface area contributed by atoms with Crippen LogP contribution in [0.2, 0.25) is 0 Å². The zero-order valence-corrected chi connectivity index (χ0v) is 12.8. The number of nitrogens with one attached hydrogen (secondary N) is 2. The van der Waals surface area contributed by atoms with Crippen molar-refractivity contribution in [3.63, 3.8) is 0 Å². The average Bonchev–Trinajstić information content (AvgIpc) is 3.11. The number of fused-ring (bicyclic) bond motifs is 4. The van der Waals surface area contributed by atoms with E-state index in [2.05, 4.69) is 39.3 Å². The summed E-state index contributed by atoms with van der Waals surface area (Å²) >= 11 is 9.60. The van der Waals surface area contributed by atoms with Crippen molar-refractivity contribution in [2.75, 3.05) is 11.5 Å². The van der Waals surface area contributed by atoms with Crippen molar-refractivity contribution in [3.8, 4) is 0 Å². The number of rotatable bonds is 2. The van der Waals surface area contributed by atoms with Crippen LogP contribution in [0.25, 0.3) is 0 Å². The maximum Gasteiger partial charge on any atom is 0.181 e. The third-order valence-corrected chi connectivity index (χ3v) is 7.97. The van der Waals surface area contributed by atoms with Gasteiger partial charge in [0.1, 0.15) is 0 Å². The van der Waals surface area contributed by atoms with Crippen LogP contribution in [0.5, 0.6) is 0 Å². The van der Waals surface area contributed by atoms with Gasteiger partial charge in [0.15, 0.2) is 5.11 Å². The predicted molar refractivity (Wildman–Crippen MR) is 82.4 cm³/mol. The van der Waals surface area contributed by atoms with Crippen molar-refractivity contribution in [3.05, 3.63) is 0 Å². The lowest BCUT2D eigenvalue weighted by Gasteiger charge is -2.28. The Bertz CT molecular complexity index is 344. The lowest BCUT2D eigenvalue weighted by molar-refractivity contribution is 0.250. The highest BCUT2D eigenvalue weighted by Gasteiger charge is 2.43. The van der Waals surface area contributed by atoms with Gasteiger partial charge in [0.2, 0.25) is 0 Å². The molecule has 4 bridgehead atoms. The molecule has 2 saturated carbocycles. The van der Waals surface area contributed by atoms with Gasteiger partial charge in [-0.25, -0.2) is 0 Å². The Hall–Kier alpha value is 0.350. The highest BCUT2D eigenvalue weighted by atomic mass is 32.2. The second-order valence-corrected chi connectivity index (χ2v) is 8.68. The van der Waals surface area contributed by atoms with Crippen molar-refractivity contribution < 1.29 is 0 Å². The molecule has 4 fully saturated rings. The van der Waals surface area contributed by atoms with Crippen LogP contribution in [0.4, 0.5) is 0 Å². The predicted octanol–water partition coefficient (Wildman–Crippen LogP) is 2.00. The minimum atomic E-state index is 0.625. The molecule has 2 aliphatic carbocycles. The molecule has 0 spiro atoms. The molecule has 4 aliphatic rings. The summed E-state index contributed by atoms with van der Waals surface area (Å²) in [4.78, 5) is 0. The average molecular weight is 302 g/mol. The Morgan fingerprint density at radius 1 is 1.11 bits per heavy atom. The van der Waals surface area contributed by atoms with Crippen molar-refractivity contribution in [2.24, 2.45) is 11.8 Å². The van der Waals surface area contributed by atoms with Crippen molar-refractivity contribution in [1.29, 1.82) is 0 Å². The van der Waals surface area contributed by atoms with E-state index in [1.54, 1.807) is 0 Å². The monoisotopic (exact) mass is 301 g/mol. The minimum Gasteiger partial charge on any atom is -0.359 e. The summed E-state index contributed by atoms with van der Waals surface area (Å²) in [5.74, 6) is 4.33. The smallest absolute Gasteiger partial charge is 0.181 e. The van der Waals surface area contributed by atoms with Gasteiger partial charge in [-0.1, -0.05) is 6.42 Å². The van der Waals surface area contributed by atoms with Gasteiger partial charge >= 0.3 is 0 Å². The SMILES string of the molecule is S=C(N[C@H]1C[C@@H]2CC[C@H]1C2)NN1[C@@H]2CS[C@@H]1CS2. The summed E-state index contributed by atoms with van der Waals surface area (Å²) < 4.78 is 0. The van der Waals surface area contributed by atoms with E-state index in [9.17, 15) is 0 Å². The minimum absolute atomic E-state index is 0.625. The number of hydrogen-bond donors (Lipinski definition) is 2. The van der Waals surface area contributed by atoms with E-state index in [-0.39, 0.29) is 0 Å². The van der Waals surface area contributed by atoms with E-state index >= 15 is 0 Å². The Morgan fingerprint density at radius 3 is 2.44 bits per heavy atom. The fourth-order valence-corrected chi connectivity index (χ4v) is 7.26. The zero-order valence-electron chi connectivity index (χ0n) is 10.3. The molecule has 5 atom stereocenters. The summed E-state index contributed by atoms with van der Waals surface area (Å²) in [5, 5.41) is 8.03. The molecule has 2 heterocycles. The summed E-state index contributed by atoms with van der Waals surface area (Å²) in [6.07, 6.45) is 5.63. The molecule has 0 aromatic carbocycles. The molecule has 0 amide bonds. The first-order chi connectivity index (χ1) is 8.79. The summed E-state index contributed by atoms with van der Waals surface area (Å²) in [7, 11) is 0. The van der Waals surface area contributed by atoms with E-state index in [4.69, 9.17) is 12.2 Å². The van der Waals surface area contributed by atoms with Crippen LogP contribution in [-0.2, 0) is 0 Å². The second kappa shape index (κ2) is 4.72. The largest absolute Gasteiger partial charge is 0.359 e. The third-order valence-electron chi connectivity index (χ3n) is 4.77. The zero-order chi connectivity index (χ0) is 12.1. The van der Waals surface area contributed by atoms with Crippen LogP contribution in [0.15, 0.2) is 0 Å². The first-order valence-electron chi connectivity index (χ1n) is 6.88. The molecule has 0 unspecified atom stereocenters. The van der Waals surface area contributed by atoms with Gasteiger partial charge in [0, 0.05) is 17.5 Å². The van der Waals surface area contributed by atoms with E-state index in [1.165, 1.54) is 37.2 Å². The van der Waals surface area contributed by atoms with Crippen molar-refractivity contribution >= 4 is 40.9 Å². The van der Waals surface area contributed by atoms with Crippen LogP contribution in [0.1, 0.15) is 25.7 Å². The Morgan fingerprint density at radius 2 is 1.89 bits per heavy atom. The lowest BCUT2D eigenvalue weighted by atomic mass is 9.96. The molecular weight excluding hydrogens is 282 g/mol. The van der Waals surface area contributed by atoms with Gasteiger partial charge < -0.3 is 5.32 Å². The highest BCUT2D eigenvalue weighted by Crippen LogP contribution is 2.45. The normalized spacial score (nSPS) is 45.7. The van der Waals surface area contributed by atoms with Gasteiger partial charge in [0.25, 0.3) is 0 Å². The molecule has 2 saturated heterocycles. The maximum absolute atomic E-state index is 5.49. The molecule has 6 heteroatoms. The third kappa shape index (κ3) is 2.05. The Balaban J connectivity index is 1.32. The molecule has 0 aromatic rings. The fraction of sp³-hybridized carbons (Fsp3) is 0.917. The quantitative estimate of drug-likeness (QED) is 0.758. The number of thiocarbonyl (C=S) groups is 1. The van der Waals surface area contributed by atoms with Crippen molar-refractivity contribution in [2.45, 2.75) is 42.5 Å². The molecule has 0 radical (unpaired) electrons. The summed E-state index contributed by atoms with van der Waals surface area (Å²) in [5.41, 5.74) is 3.44. The van der Waals surface area contributed by atoms with E-state index in [0.717, 1.165) is 16.9 Å². The molecule has 4 rings (SSSR count). The van der Waals surface area contributed by atoms with Crippen LogP contribution in [-0.4, -0.2) is 38.4 Å². The van der Waals surface area contributed by atoms with Crippen molar-refractivity contribution in [1.82, 2.24) is 15.8 Å². The number of hydrazine groups is 1. The first kappa shape index (κ1) is 12.1. The van der Waals surface area contributed by atoms with E-state index in [0.29, 0.717) is 16.8 Å². The lowest BCUT2D eigenvalue weighted by Crippen LogP contribution is -2.52. The van der Waals surface area contributed by atoms with Gasteiger partial charge in [0.05, 0.1) is 10.7 Å². The van der Waals surface area contributed by atoms with E-state index < -0.39 is 0 Å². The van der Waals surface area contributed by atoms with Gasteiger partial charge in [-0.3, -0.25) is 5.43 Å². The Labute approximate surface area is 122 Å². The molecule has 2 aliphatic heterocycles. The second-order valence-electron chi connectivity index (χ2n) is 5.85.